The van der Waals surface area contributed by atoms with Gasteiger partial charge in [-0.05, 0) is 91.6 Å². The van der Waals surface area contributed by atoms with Crippen molar-refractivity contribution in [1.82, 2.24) is 35.2 Å². The lowest BCUT2D eigenvalue weighted by Crippen LogP contribution is -2.47. The van der Waals surface area contributed by atoms with Crippen molar-refractivity contribution in [2.75, 3.05) is 52.4 Å². The highest BCUT2D eigenvalue weighted by Crippen LogP contribution is 2.39. The third-order valence-electron chi connectivity index (χ3n) is 9.24. The number of amides is 2. The molecule has 3 aromatic rings. The van der Waals surface area contributed by atoms with Crippen LogP contribution < -0.4 is 10.6 Å². The Balaban J connectivity index is 1.04. The van der Waals surface area contributed by atoms with Crippen LogP contribution in [0.25, 0.3) is 5.00 Å². The Morgan fingerprint density at radius 3 is 2.22 bits per heavy atom. The van der Waals surface area contributed by atoms with E-state index in [2.05, 4.69) is 49.0 Å². The number of ether oxygens (including phenoxy) is 1. The smallest absolute Gasteiger partial charge is 0.407 e. The number of benzene rings is 1. The van der Waals surface area contributed by atoms with E-state index in [0.717, 1.165) is 92.6 Å². The molecular formula is C37H53ClN8O3S. The van der Waals surface area contributed by atoms with Crippen molar-refractivity contribution in [2.24, 2.45) is 4.99 Å². The predicted molar refractivity (Wildman–Crippen MR) is 201 cm³/mol. The molecule has 0 spiro atoms. The summed E-state index contributed by atoms with van der Waals surface area (Å²) in [5.74, 6) is 1.44. The summed E-state index contributed by atoms with van der Waals surface area (Å²) in [5, 5.41) is 16.6. The number of carbonyl (C=O) groups excluding carboxylic acids is 2. The maximum Gasteiger partial charge on any atom is 0.407 e. The molecule has 0 aliphatic carbocycles. The molecule has 13 heteroatoms. The summed E-state index contributed by atoms with van der Waals surface area (Å²) in [4.78, 5) is 36.5. The topological polar surface area (TPSA) is 117 Å². The quantitative estimate of drug-likeness (QED) is 0.185. The third-order valence-corrected chi connectivity index (χ3v) is 10.7. The van der Waals surface area contributed by atoms with Crippen LogP contribution in [0.2, 0.25) is 5.02 Å². The fraction of sp³-hybridized carbons (Fsp3) is 0.595. The molecule has 0 unspecified atom stereocenters. The van der Waals surface area contributed by atoms with Crippen LogP contribution >= 0.6 is 22.9 Å². The summed E-state index contributed by atoms with van der Waals surface area (Å²) in [6, 6.07) is 7.27. The van der Waals surface area contributed by atoms with Crippen LogP contribution in [-0.2, 0) is 9.53 Å². The standard InChI is InChI=1S/C37H53ClN8O3S/c1-25-26(2)50-35-32(25)33(28-12-14-29(38)15-13-28)41-30(34-43-42-27(3)46(34)35)24-31(47)39-17-11-19-45-22-20-44(21-23-45)18-10-8-7-9-16-40-36(48)49-37(4,5)6/h12-15,30H,7-11,16-24H2,1-6H3,(H,39,47)(H,40,48)/t30-/m0/s1. The van der Waals surface area contributed by atoms with Gasteiger partial charge < -0.3 is 25.2 Å². The molecule has 2 N–H and O–H groups in total. The second-order valence-electron chi connectivity index (χ2n) is 14.3. The Bertz CT molecular complexity index is 1640. The van der Waals surface area contributed by atoms with Gasteiger partial charge in [-0.1, -0.05) is 36.6 Å². The molecular weight excluding hydrogens is 672 g/mol. The number of aryl methyl sites for hydroxylation is 2. The lowest BCUT2D eigenvalue weighted by molar-refractivity contribution is -0.121. The van der Waals surface area contributed by atoms with Crippen molar-refractivity contribution >= 4 is 40.6 Å². The van der Waals surface area contributed by atoms with Crippen LogP contribution in [0.15, 0.2) is 29.3 Å². The summed E-state index contributed by atoms with van der Waals surface area (Å²) < 4.78 is 7.36. The Hall–Kier alpha value is -3.32. The lowest BCUT2D eigenvalue weighted by Gasteiger charge is -2.34. The van der Waals surface area contributed by atoms with Crippen molar-refractivity contribution in [3.8, 4) is 5.00 Å². The van der Waals surface area contributed by atoms with Gasteiger partial charge >= 0.3 is 6.09 Å². The minimum atomic E-state index is -0.469. The van der Waals surface area contributed by atoms with E-state index in [1.54, 1.807) is 11.3 Å². The van der Waals surface area contributed by atoms with Crippen LogP contribution in [0.1, 0.15) is 98.6 Å². The summed E-state index contributed by atoms with van der Waals surface area (Å²) in [6.45, 7) is 19.4. The van der Waals surface area contributed by atoms with Crippen molar-refractivity contribution in [1.29, 1.82) is 0 Å². The van der Waals surface area contributed by atoms with Gasteiger partial charge in [0.2, 0.25) is 5.91 Å². The maximum absolute atomic E-state index is 13.3. The number of halogens is 1. The normalized spacial score (nSPS) is 16.7. The van der Waals surface area contributed by atoms with E-state index in [0.29, 0.717) is 23.9 Å². The molecule has 2 aliphatic rings. The van der Waals surface area contributed by atoms with E-state index >= 15 is 0 Å². The number of nitrogens with one attached hydrogen (secondary N) is 2. The summed E-state index contributed by atoms with van der Waals surface area (Å²) in [7, 11) is 0. The number of rotatable bonds is 14. The van der Waals surface area contributed by atoms with Gasteiger partial charge in [0.05, 0.1) is 12.1 Å². The van der Waals surface area contributed by atoms with E-state index in [9.17, 15) is 9.59 Å². The number of unbranched alkanes of at least 4 members (excludes halogenated alkanes) is 3. The van der Waals surface area contributed by atoms with Gasteiger partial charge in [-0.3, -0.25) is 14.4 Å². The molecule has 1 atom stereocenters. The highest BCUT2D eigenvalue weighted by atomic mass is 35.5. The molecule has 1 aromatic carbocycles. The van der Waals surface area contributed by atoms with E-state index in [-0.39, 0.29) is 18.4 Å². The largest absolute Gasteiger partial charge is 0.444 e. The zero-order valence-corrected chi connectivity index (χ0v) is 32.1. The minimum absolute atomic E-state index is 0.0370. The van der Waals surface area contributed by atoms with Crippen LogP contribution in [0, 0.1) is 20.8 Å². The van der Waals surface area contributed by atoms with E-state index < -0.39 is 11.6 Å². The van der Waals surface area contributed by atoms with Gasteiger partial charge in [0.15, 0.2) is 5.82 Å². The number of piperazine rings is 1. The number of hydrogen-bond acceptors (Lipinski definition) is 9. The first-order valence-corrected chi connectivity index (χ1v) is 19.1. The van der Waals surface area contributed by atoms with Gasteiger partial charge in [-0.2, -0.15) is 0 Å². The second-order valence-corrected chi connectivity index (χ2v) is 16.0. The number of aliphatic imine (C=N–C) groups is 1. The molecule has 2 aromatic heterocycles. The number of alkyl carbamates (subject to hydrolysis) is 1. The van der Waals surface area contributed by atoms with Crippen LogP contribution in [0.3, 0.4) is 0 Å². The number of hydrogen-bond donors (Lipinski definition) is 2. The fourth-order valence-corrected chi connectivity index (χ4v) is 7.81. The fourth-order valence-electron chi connectivity index (χ4n) is 6.47. The Kier molecular flexibility index (Phi) is 13.1. The average molecular weight is 725 g/mol. The van der Waals surface area contributed by atoms with Crippen LogP contribution in [0.4, 0.5) is 4.79 Å². The first kappa shape index (κ1) is 37.9. The predicted octanol–water partition coefficient (Wildman–Crippen LogP) is 6.40. The Labute approximate surface area is 305 Å². The molecule has 1 saturated heterocycles. The Morgan fingerprint density at radius 1 is 0.900 bits per heavy atom. The van der Waals surface area contributed by atoms with Crippen molar-refractivity contribution in [3.05, 3.63) is 62.5 Å². The van der Waals surface area contributed by atoms with Gasteiger partial charge in [0.25, 0.3) is 0 Å². The van der Waals surface area contributed by atoms with Crippen molar-refractivity contribution in [2.45, 2.75) is 91.7 Å². The maximum atomic E-state index is 13.3. The van der Waals surface area contributed by atoms with E-state index in [4.69, 9.17) is 21.3 Å². The number of fused-ring (bicyclic) bond motifs is 3. The highest BCUT2D eigenvalue weighted by Gasteiger charge is 2.32. The zero-order valence-electron chi connectivity index (χ0n) is 30.5. The first-order chi connectivity index (χ1) is 23.9. The molecule has 0 bridgehead atoms. The van der Waals surface area contributed by atoms with Gasteiger partial charge in [-0.15, -0.1) is 21.5 Å². The second kappa shape index (κ2) is 17.3. The van der Waals surface area contributed by atoms with Crippen LogP contribution in [0.5, 0.6) is 0 Å². The Morgan fingerprint density at radius 2 is 1.54 bits per heavy atom. The molecule has 0 saturated carbocycles. The molecule has 4 heterocycles. The SMILES string of the molecule is Cc1sc2c(c1C)C(c1ccc(Cl)cc1)=N[C@@H](CC(=O)NCCCN1CCN(CCCCCCNC(=O)OC(C)(C)C)CC1)c1nnc(C)n1-2. The summed E-state index contributed by atoms with van der Waals surface area (Å²) >= 11 is 7.94. The van der Waals surface area contributed by atoms with E-state index in [1.165, 1.54) is 16.9 Å². The molecule has 2 aliphatic heterocycles. The highest BCUT2D eigenvalue weighted by molar-refractivity contribution is 7.15. The summed E-state index contributed by atoms with van der Waals surface area (Å²) in [5.41, 5.74) is 3.59. The number of nitrogens with zero attached hydrogens (tertiary/aromatic N) is 6. The van der Waals surface area contributed by atoms with Crippen LogP contribution in [-0.4, -0.2) is 100 Å². The van der Waals surface area contributed by atoms with Gasteiger partial charge in [0.1, 0.15) is 22.5 Å². The monoisotopic (exact) mass is 724 g/mol. The molecule has 0 radical (unpaired) electrons. The van der Waals surface area contributed by atoms with Gasteiger partial charge in [-0.25, -0.2) is 4.79 Å². The summed E-state index contributed by atoms with van der Waals surface area (Å²) in [6.07, 6.45) is 5.17. The molecule has 272 valence electrons. The lowest BCUT2D eigenvalue weighted by atomic mass is 9.99. The molecule has 1 fully saturated rings. The molecule has 2 amide bonds. The molecule has 11 nitrogen and oxygen atoms in total. The average Bonchev–Trinajstić information content (AvgIpc) is 3.54. The molecule has 5 rings (SSSR count). The number of carbonyl (C=O) groups is 2. The van der Waals surface area contributed by atoms with Crippen molar-refractivity contribution < 1.29 is 14.3 Å². The molecule has 50 heavy (non-hydrogen) atoms. The minimum Gasteiger partial charge on any atom is -0.444 e. The zero-order chi connectivity index (χ0) is 35.8. The van der Waals surface area contributed by atoms with Crippen molar-refractivity contribution in [3.63, 3.8) is 0 Å². The van der Waals surface area contributed by atoms with Gasteiger partial charge in [0, 0.05) is 60.3 Å². The number of aromatic nitrogens is 3. The third kappa shape index (κ3) is 10.1. The van der Waals surface area contributed by atoms with E-state index in [1.807, 2.05) is 52.0 Å². The number of thiophene rings is 1. The first-order valence-electron chi connectivity index (χ1n) is 17.9.